The van der Waals surface area contributed by atoms with Gasteiger partial charge in [0.25, 0.3) is 0 Å². The van der Waals surface area contributed by atoms with E-state index >= 15 is 0 Å². The van der Waals surface area contributed by atoms with Crippen molar-refractivity contribution < 1.29 is 0 Å². The average molecular weight is 330 g/mol. The highest BCUT2D eigenvalue weighted by Crippen LogP contribution is 2.47. The Bertz CT molecular complexity index is 960. The van der Waals surface area contributed by atoms with Crippen molar-refractivity contribution in [2.24, 2.45) is 0 Å². The summed E-state index contributed by atoms with van der Waals surface area (Å²) in [5.74, 6) is 0. The van der Waals surface area contributed by atoms with Gasteiger partial charge in [0.1, 0.15) is 12.2 Å². The maximum Gasteiger partial charge on any atom is 0.103 e. The predicted molar refractivity (Wildman–Crippen MR) is 101 cm³/mol. The minimum absolute atomic E-state index is 0.0660. The quantitative estimate of drug-likeness (QED) is 0.767. The van der Waals surface area contributed by atoms with E-state index < -0.39 is 0 Å². The molecule has 1 heterocycles. The van der Waals surface area contributed by atoms with Crippen molar-refractivity contribution in [2.45, 2.75) is 40.8 Å². The Morgan fingerprint density at radius 3 is 2.16 bits per heavy atom. The second kappa shape index (κ2) is 5.83. The van der Waals surface area contributed by atoms with Crippen LogP contribution in [0.1, 0.15) is 40.3 Å². The van der Waals surface area contributed by atoms with Gasteiger partial charge in [-0.05, 0) is 75.1 Å². The maximum absolute atomic E-state index is 9.68. The first-order valence-corrected chi connectivity index (χ1v) is 8.39. The van der Waals surface area contributed by atoms with Crippen LogP contribution >= 0.6 is 0 Å². The fourth-order valence-electron chi connectivity index (χ4n) is 3.61. The lowest BCUT2D eigenvalue weighted by Gasteiger charge is -2.30. The molecule has 0 radical (unpaired) electrons. The number of fused-ring (bicyclic) bond motifs is 1. The summed E-state index contributed by atoms with van der Waals surface area (Å²) in [6.45, 7) is 10.7. The highest BCUT2D eigenvalue weighted by molar-refractivity contribution is 5.89. The van der Waals surface area contributed by atoms with Gasteiger partial charge in [-0.1, -0.05) is 0 Å². The molecule has 0 amide bonds. The van der Waals surface area contributed by atoms with Crippen molar-refractivity contribution in [3.63, 3.8) is 0 Å². The van der Waals surface area contributed by atoms with Gasteiger partial charge in [0, 0.05) is 12.7 Å². The molecule has 0 fully saturated rings. The molecule has 2 aromatic carbocycles. The Balaban J connectivity index is 2.33. The zero-order valence-electron chi connectivity index (χ0n) is 15.6. The third-order valence-electron chi connectivity index (χ3n) is 5.61. The molecular formula is C21H22N4. The van der Waals surface area contributed by atoms with E-state index in [1.165, 1.54) is 22.3 Å². The van der Waals surface area contributed by atoms with Crippen LogP contribution in [0, 0.1) is 50.4 Å². The molecule has 0 spiro atoms. The molecule has 0 saturated heterocycles. The molecule has 1 aliphatic heterocycles. The van der Waals surface area contributed by atoms with E-state index in [1.54, 1.807) is 6.07 Å². The summed E-state index contributed by atoms with van der Waals surface area (Å²) >= 11 is 0. The molecule has 0 aromatic heterocycles. The van der Waals surface area contributed by atoms with Crippen molar-refractivity contribution in [3.05, 3.63) is 51.6 Å². The molecule has 0 unspecified atom stereocenters. The van der Waals surface area contributed by atoms with E-state index in [4.69, 9.17) is 0 Å². The largest absolute Gasteiger partial charge is 0.352 e. The third kappa shape index (κ3) is 2.34. The Hall–Kier alpha value is -2.98. The number of hydrogen-bond donors (Lipinski definition) is 0. The third-order valence-corrected chi connectivity index (χ3v) is 5.61. The van der Waals surface area contributed by atoms with Crippen LogP contribution in [0.3, 0.4) is 0 Å². The first kappa shape index (κ1) is 16.9. The fraction of sp³-hybridized carbons (Fsp3) is 0.333. The number of rotatable bonds is 1. The molecule has 0 bridgehead atoms. The van der Waals surface area contributed by atoms with E-state index in [0.29, 0.717) is 11.1 Å². The highest BCUT2D eigenvalue weighted by Gasteiger charge is 2.35. The molecule has 3 rings (SSSR count). The Kier molecular flexibility index (Phi) is 3.93. The van der Waals surface area contributed by atoms with Crippen LogP contribution in [0.2, 0.25) is 0 Å². The van der Waals surface area contributed by atoms with Crippen LogP contribution in [0.15, 0.2) is 18.2 Å². The van der Waals surface area contributed by atoms with Crippen molar-refractivity contribution in [2.75, 3.05) is 16.8 Å². The zero-order valence-corrected chi connectivity index (χ0v) is 15.6. The first-order chi connectivity index (χ1) is 11.8. The SMILES string of the molecule is Cc1cc(N2c3c(C#N)cc(C#N)cc3N(C)[C@@H]2C)c(C)c(C)c1C. The first-order valence-electron chi connectivity index (χ1n) is 8.39. The second-order valence-corrected chi connectivity index (χ2v) is 6.82. The van der Waals surface area contributed by atoms with Gasteiger partial charge in [-0.2, -0.15) is 10.5 Å². The van der Waals surface area contributed by atoms with Crippen LogP contribution in [0.5, 0.6) is 0 Å². The molecule has 4 nitrogen and oxygen atoms in total. The van der Waals surface area contributed by atoms with Crippen molar-refractivity contribution in [1.29, 1.82) is 10.5 Å². The summed E-state index contributed by atoms with van der Waals surface area (Å²) in [6.07, 6.45) is 0.0660. The maximum atomic E-state index is 9.68. The standard InChI is InChI=1S/C21H22N4/c1-12-7-19(15(4)14(3)13(12)2)25-16(5)24(6)20-9-17(10-22)8-18(11-23)21(20)25/h7-9,16H,1-6H3/t16-/m0/s1. The van der Waals surface area contributed by atoms with Crippen LogP contribution < -0.4 is 9.80 Å². The van der Waals surface area contributed by atoms with E-state index in [0.717, 1.165) is 17.1 Å². The van der Waals surface area contributed by atoms with Crippen molar-refractivity contribution in [3.8, 4) is 12.1 Å². The molecule has 0 aliphatic carbocycles. The van der Waals surface area contributed by atoms with E-state index in [1.807, 2.05) is 13.1 Å². The molecule has 1 aliphatic rings. The number of nitrogens with zero attached hydrogens (tertiary/aromatic N) is 4. The Morgan fingerprint density at radius 1 is 0.880 bits per heavy atom. The Labute approximate surface area is 149 Å². The molecule has 4 heteroatoms. The summed E-state index contributed by atoms with van der Waals surface area (Å²) in [6, 6.07) is 10.2. The molecule has 2 aromatic rings. The van der Waals surface area contributed by atoms with Gasteiger partial charge in [-0.15, -0.1) is 0 Å². The fourth-order valence-corrected chi connectivity index (χ4v) is 3.61. The topological polar surface area (TPSA) is 54.1 Å². The van der Waals surface area contributed by atoms with Gasteiger partial charge >= 0.3 is 0 Å². The lowest BCUT2D eigenvalue weighted by molar-refractivity contribution is 0.731. The number of hydrogen-bond acceptors (Lipinski definition) is 4. The van der Waals surface area contributed by atoms with Gasteiger partial charge in [-0.25, -0.2) is 0 Å². The van der Waals surface area contributed by atoms with Crippen LogP contribution in [-0.4, -0.2) is 13.2 Å². The summed E-state index contributed by atoms with van der Waals surface area (Å²) in [5.41, 5.74) is 9.07. The van der Waals surface area contributed by atoms with Crippen molar-refractivity contribution in [1.82, 2.24) is 0 Å². The van der Waals surface area contributed by atoms with E-state index in [-0.39, 0.29) is 6.17 Å². The minimum Gasteiger partial charge on any atom is -0.352 e. The summed E-state index contributed by atoms with van der Waals surface area (Å²) in [5, 5.41) is 19.0. The summed E-state index contributed by atoms with van der Waals surface area (Å²) in [7, 11) is 2.01. The average Bonchev–Trinajstić information content (AvgIpc) is 2.86. The number of nitriles is 2. The van der Waals surface area contributed by atoms with Gasteiger partial charge in [0.2, 0.25) is 0 Å². The van der Waals surface area contributed by atoms with Crippen molar-refractivity contribution >= 4 is 17.1 Å². The monoisotopic (exact) mass is 330 g/mol. The second-order valence-electron chi connectivity index (χ2n) is 6.82. The normalized spacial score (nSPS) is 15.8. The highest BCUT2D eigenvalue weighted by atomic mass is 15.4. The van der Waals surface area contributed by atoms with Gasteiger partial charge in [0.15, 0.2) is 0 Å². The lowest BCUT2D eigenvalue weighted by atomic mass is 9.96. The van der Waals surface area contributed by atoms with Crippen LogP contribution in [0.25, 0.3) is 0 Å². The smallest absolute Gasteiger partial charge is 0.103 e. The lowest BCUT2D eigenvalue weighted by Crippen LogP contribution is -2.36. The predicted octanol–water partition coefficient (Wildman–Crippen LogP) is 4.60. The van der Waals surface area contributed by atoms with E-state index in [9.17, 15) is 10.5 Å². The van der Waals surface area contributed by atoms with Crippen LogP contribution in [-0.2, 0) is 0 Å². The van der Waals surface area contributed by atoms with Crippen LogP contribution in [0.4, 0.5) is 17.1 Å². The molecule has 0 N–H and O–H groups in total. The van der Waals surface area contributed by atoms with Gasteiger partial charge in [-0.3, -0.25) is 0 Å². The molecule has 126 valence electrons. The van der Waals surface area contributed by atoms with E-state index in [2.05, 4.69) is 62.6 Å². The molecular weight excluding hydrogens is 308 g/mol. The zero-order chi connectivity index (χ0) is 18.5. The van der Waals surface area contributed by atoms with Gasteiger partial charge < -0.3 is 9.80 Å². The molecule has 1 atom stereocenters. The number of aryl methyl sites for hydroxylation is 1. The minimum atomic E-state index is 0.0660. The number of benzene rings is 2. The Morgan fingerprint density at radius 2 is 1.56 bits per heavy atom. The molecule has 25 heavy (non-hydrogen) atoms. The summed E-state index contributed by atoms with van der Waals surface area (Å²) in [4.78, 5) is 4.35. The summed E-state index contributed by atoms with van der Waals surface area (Å²) < 4.78 is 0. The molecule has 0 saturated carbocycles. The number of anilines is 3. The van der Waals surface area contributed by atoms with Gasteiger partial charge in [0.05, 0.1) is 28.6 Å².